The van der Waals surface area contributed by atoms with Crippen LogP contribution < -0.4 is 0 Å². The summed E-state index contributed by atoms with van der Waals surface area (Å²) in [7, 11) is 0. The van der Waals surface area contributed by atoms with Gasteiger partial charge in [-0.15, -0.1) is 0 Å². The van der Waals surface area contributed by atoms with Crippen molar-refractivity contribution in [3.05, 3.63) is 59.0 Å². The minimum Gasteiger partial charge on any atom is -0.469 e. The first-order valence-electron chi connectivity index (χ1n) is 6.74. The first-order valence-corrected chi connectivity index (χ1v) is 7.66. The normalized spacial score (nSPS) is 13.5. The summed E-state index contributed by atoms with van der Waals surface area (Å²) in [6, 6.07) is 10.9. The molecule has 2 rings (SSSR count). The van der Waals surface area contributed by atoms with E-state index in [4.69, 9.17) is 4.42 Å². The van der Waals surface area contributed by atoms with Gasteiger partial charge < -0.3 is 4.42 Å². The van der Waals surface area contributed by atoms with Gasteiger partial charge in [0.15, 0.2) is 0 Å². The van der Waals surface area contributed by atoms with Crippen LogP contribution in [0, 0.1) is 0 Å². The van der Waals surface area contributed by atoms with Crippen LogP contribution in [0.1, 0.15) is 55.0 Å². The Morgan fingerprint density at radius 2 is 1.74 bits per heavy atom. The number of benzene rings is 1. The quantitative estimate of drug-likeness (QED) is 0.668. The summed E-state index contributed by atoms with van der Waals surface area (Å²) in [4.78, 5) is 0.204. The summed E-state index contributed by atoms with van der Waals surface area (Å²) in [6.45, 7) is 8.82. The van der Waals surface area contributed by atoms with Crippen molar-refractivity contribution in [1.82, 2.24) is 0 Å². The van der Waals surface area contributed by atoms with E-state index in [1.165, 1.54) is 16.7 Å². The van der Waals surface area contributed by atoms with Gasteiger partial charge in [0.05, 0.1) is 11.1 Å². The van der Waals surface area contributed by atoms with Gasteiger partial charge in [0.1, 0.15) is 5.76 Å². The molecule has 0 aliphatic carbocycles. The number of hydrogen-bond donors (Lipinski definition) is 0. The van der Waals surface area contributed by atoms with Crippen LogP contribution >= 0.6 is 15.9 Å². The highest BCUT2D eigenvalue weighted by Gasteiger charge is 2.18. The molecule has 102 valence electrons. The molecule has 1 heterocycles. The van der Waals surface area contributed by atoms with Crippen molar-refractivity contribution in [2.45, 2.75) is 44.4 Å². The van der Waals surface area contributed by atoms with Gasteiger partial charge in [0.25, 0.3) is 0 Å². The van der Waals surface area contributed by atoms with Crippen molar-refractivity contribution in [1.29, 1.82) is 0 Å². The average molecular weight is 321 g/mol. The summed E-state index contributed by atoms with van der Waals surface area (Å²) in [5.41, 5.74) is 4.05. The number of aryl methyl sites for hydroxylation is 1. The van der Waals surface area contributed by atoms with Gasteiger partial charge in [0.2, 0.25) is 0 Å². The third-order valence-electron chi connectivity index (χ3n) is 3.44. The number of rotatable bonds is 3. The number of halogens is 1. The lowest BCUT2D eigenvalue weighted by molar-refractivity contribution is 0.512. The van der Waals surface area contributed by atoms with Gasteiger partial charge >= 0.3 is 0 Å². The molecular weight excluding hydrogens is 300 g/mol. The molecule has 19 heavy (non-hydrogen) atoms. The van der Waals surface area contributed by atoms with E-state index < -0.39 is 0 Å². The summed E-state index contributed by atoms with van der Waals surface area (Å²) >= 11 is 3.78. The fraction of sp³-hybridized carbons (Fsp3) is 0.412. The Balaban J connectivity index is 2.28. The van der Waals surface area contributed by atoms with E-state index in [2.05, 4.69) is 74.0 Å². The average Bonchev–Trinajstić information content (AvgIpc) is 2.85. The Labute approximate surface area is 124 Å². The van der Waals surface area contributed by atoms with Crippen LogP contribution in [0.5, 0.6) is 0 Å². The van der Waals surface area contributed by atoms with Crippen molar-refractivity contribution in [3.8, 4) is 0 Å². The minimum absolute atomic E-state index is 0.199. The third-order valence-corrected chi connectivity index (χ3v) is 4.47. The first kappa shape index (κ1) is 14.4. The van der Waals surface area contributed by atoms with E-state index in [1.54, 1.807) is 6.26 Å². The predicted octanol–water partition coefficient (Wildman–Crippen LogP) is 5.62. The zero-order valence-electron chi connectivity index (χ0n) is 12.0. The third kappa shape index (κ3) is 3.11. The number of alkyl halides is 1. The second-order valence-corrected chi connectivity index (χ2v) is 6.80. The molecule has 0 spiro atoms. The molecule has 0 aliphatic heterocycles. The Morgan fingerprint density at radius 1 is 1.11 bits per heavy atom. The molecule has 0 radical (unpaired) electrons. The molecular formula is C17H21BrO. The van der Waals surface area contributed by atoms with E-state index in [9.17, 15) is 0 Å². The van der Waals surface area contributed by atoms with Gasteiger partial charge in [-0.25, -0.2) is 0 Å². The molecule has 1 unspecified atom stereocenters. The lowest BCUT2D eigenvalue weighted by Crippen LogP contribution is -2.10. The second-order valence-electron chi connectivity index (χ2n) is 5.89. The van der Waals surface area contributed by atoms with Crippen LogP contribution in [-0.2, 0) is 11.8 Å². The van der Waals surface area contributed by atoms with Crippen molar-refractivity contribution in [2.24, 2.45) is 0 Å². The summed E-state index contributed by atoms with van der Waals surface area (Å²) < 4.78 is 5.50. The lowest BCUT2D eigenvalue weighted by atomic mass is 9.86. The van der Waals surface area contributed by atoms with E-state index in [0.29, 0.717) is 0 Å². The van der Waals surface area contributed by atoms with Crippen LogP contribution in [-0.4, -0.2) is 0 Å². The minimum atomic E-state index is 0.199. The summed E-state index contributed by atoms with van der Waals surface area (Å²) in [5.74, 6) is 1.06. The molecule has 0 bridgehead atoms. The highest BCUT2D eigenvalue weighted by Crippen LogP contribution is 2.34. The summed E-state index contributed by atoms with van der Waals surface area (Å²) in [5, 5.41) is 0. The Kier molecular flexibility index (Phi) is 4.19. The van der Waals surface area contributed by atoms with Crippen LogP contribution in [0.25, 0.3) is 0 Å². The molecule has 0 aliphatic rings. The molecule has 2 heteroatoms. The van der Waals surface area contributed by atoms with Gasteiger partial charge in [-0.3, -0.25) is 0 Å². The first-order chi connectivity index (χ1) is 8.93. The van der Waals surface area contributed by atoms with E-state index in [0.717, 1.165) is 12.2 Å². The maximum Gasteiger partial charge on any atom is 0.108 e. The molecule has 0 amide bonds. The van der Waals surface area contributed by atoms with Crippen molar-refractivity contribution >= 4 is 15.9 Å². The molecule has 1 atom stereocenters. The van der Waals surface area contributed by atoms with Crippen LogP contribution in [0.3, 0.4) is 0 Å². The monoisotopic (exact) mass is 320 g/mol. The smallest absolute Gasteiger partial charge is 0.108 e. The summed E-state index contributed by atoms with van der Waals surface area (Å²) in [6.07, 6.45) is 2.69. The Bertz CT molecular complexity index is 531. The maximum atomic E-state index is 5.50. The fourth-order valence-corrected chi connectivity index (χ4v) is 2.91. The highest BCUT2D eigenvalue weighted by molar-refractivity contribution is 9.09. The SMILES string of the molecule is CCc1occc1C(Br)c1ccc(C(C)(C)C)cc1. The van der Waals surface area contributed by atoms with Crippen molar-refractivity contribution in [3.63, 3.8) is 0 Å². The van der Waals surface area contributed by atoms with Gasteiger partial charge in [-0.05, 0) is 22.6 Å². The van der Waals surface area contributed by atoms with E-state index in [-0.39, 0.29) is 10.2 Å². The van der Waals surface area contributed by atoms with Gasteiger partial charge in [-0.2, -0.15) is 0 Å². The standard InChI is InChI=1S/C17H21BrO/c1-5-15-14(10-11-19-15)16(18)12-6-8-13(9-7-12)17(2,3)4/h6-11,16H,5H2,1-4H3. The van der Waals surface area contributed by atoms with Crippen molar-refractivity contribution < 1.29 is 4.42 Å². The molecule has 0 fully saturated rings. The van der Waals surface area contributed by atoms with Crippen LogP contribution in [0.15, 0.2) is 41.0 Å². The van der Waals surface area contributed by atoms with Crippen molar-refractivity contribution in [2.75, 3.05) is 0 Å². The molecule has 1 aromatic heterocycles. The molecule has 0 saturated heterocycles. The molecule has 0 N–H and O–H groups in total. The number of furan rings is 1. The van der Waals surface area contributed by atoms with Crippen LogP contribution in [0.4, 0.5) is 0 Å². The lowest BCUT2D eigenvalue weighted by Gasteiger charge is -2.20. The Hall–Kier alpha value is -1.02. The van der Waals surface area contributed by atoms with E-state index >= 15 is 0 Å². The van der Waals surface area contributed by atoms with Gasteiger partial charge in [0, 0.05) is 12.0 Å². The zero-order chi connectivity index (χ0) is 14.0. The molecule has 2 aromatic rings. The molecule has 1 nitrogen and oxygen atoms in total. The molecule has 0 saturated carbocycles. The zero-order valence-corrected chi connectivity index (χ0v) is 13.6. The maximum absolute atomic E-state index is 5.50. The van der Waals surface area contributed by atoms with E-state index in [1.807, 2.05) is 0 Å². The largest absolute Gasteiger partial charge is 0.469 e. The van der Waals surface area contributed by atoms with Crippen LogP contribution in [0.2, 0.25) is 0 Å². The molecule has 1 aromatic carbocycles. The Morgan fingerprint density at radius 3 is 2.26 bits per heavy atom. The number of hydrogen-bond acceptors (Lipinski definition) is 1. The second kappa shape index (κ2) is 5.54. The topological polar surface area (TPSA) is 13.1 Å². The fourth-order valence-electron chi connectivity index (χ4n) is 2.20. The highest BCUT2D eigenvalue weighted by atomic mass is 79.9. The predicted molar refractivity (Wildman–Crippen MR) is 84.0 cm³/mol. The van der Waals surface area contributed by atoms with Gasteiger partial charge in [-0.1, -0.05) is 67.9 Å².